The largest absolute Gasteiger partial charge is 0.459 e. The highest BCUT2D eigenvalue weighted by molar-refractivity contribution is 5.89. The number of hydrogen-bond donors (Lipinski definition) is 1. The van der Waals surface area contributed by atoms with Gasteiger partial charge in [-0.3, -0.25) is 0 Å². The second-order valence-electron chi connectivity index (χ2n) is 7.02. The summed E-state index contributed by atoms with van der Waals surface area (Å²) in [6.07, 6.45) is 2.14. The Morgan fingerprint density at radius 3 is 2.19 bits per heavy atom. The van der Waals surface area contributed by atoms with Gasteiger partial charge < -0.3 is 10.1 Å². The minimum absolute atomic E-state index is 0.0889. The first-order valence-corrected chi connectivity index (χ1v) is 7.71. The van der Waals surface area contributed by atoms with Gasteiger partial charge in [0.25, 0.3) is 0 Å². The van der Waals surface area contributed by atoms with E-state index in [1.165, 1.54) is 5.56 Å². The molecule has 21 heavy (non-hydrogen) atoms. The first-order valence-electron chi connectivity index (χ1n) is 7.71. The number of esters is 1. The molecule has 0 fully saturated rings. The number of hydrogen-bond acceptors (Lipinski definition) is 3. The molecular weight excluding hydrogens is 262 g/mol. The van der Waals surface area contributed by atoms with Crippen molar-refractivity contribution in [3.8, 4) is 0 Å². The van der Waals surface area contributed by atoms with Gasteiger partial charge in [-0.1, -0.05) is 32.9 Å². The summed E-state index contributed by atoms with van der Waals surface area (Å²) in [5.41, 5.74) is 2.15. The maximum atomic E-state index is 11.8. The van der Waals surface area contributed by atoms with Gasteiger partial charge in [-0.25, -0.2) is 4.79 Å². The van der Waals surface area contributed by atoms with E-state index in [0.29, 0.717) is 17.0 Å². The van der Waals surface area contributed by atoms with Crippen molar-refractivity contribution in [1.29, 1.82) is 0 Å². The van der Waals surface area contributed by atoms with E-state index in [1.54, 1.807) is 0 Å². The summed E-state index contributed by atoms with van der Waals surface area (Å²) in [5, 5.41) is 3.36. The summed E-state index contributed by atoms with van der Waals surface area (Å²) in [5.74, 6) is -0.257. The molecule has 0 bridgehead atoms. The van der Waals surface area contributed by atoms with Crippen molar-refractivity contribution >= 4 is 5.97 Å². The molecule has 1 atom stereocenters. The first-order chi connectivity index (χ1) is 9.73. The van der Waals surface area contributed by atoms with E-state index in [4.69, 9.17) is 4.74 Å². The van der Waals surface area contributed by atoms with Gasteiger partial charge in [-0.05, 0) is 56.8 Å². The minimum atomic E-state index is -0.257. The first kappa shape index (κ1) is 17.7. The third-order valence-corrected chi connectivity index (χ3v) is 3.42. The molecule has 1 aromatic rings. The Kier molecular flexibility index (Phi) is 6.41. The number of ether oxygens (including phenoxy) is 1. The smallest absolute Gasteiger partial charge is 0.338 e. The highest BCUT2D eigenvalue weighted by atomic mass is 16.5. The molecule has 0 heterocycles. The van der Waals surface area contributed by atoms with Crippen LogP contribution < -0.4 is 5.32 Å². The van der Waals surface area contributed by atoms with Gasteiger partial charge in [0.15, 0.2) is 0 Å². The number of rotatable bonds is 6. The lowest BCUT2D eigenvalue weighted by molar-refractivity contribution is 0.0378. The molecule has 0 radical (unpaired) electrons. The van der Waals surface area contributed by atoms with Crippen LogP contribution in [0.15, 0.2) is 24.3 Å². The van der Waals surface area contributed by atoms with Gasteiger partial charge >= 0.3 is 5.97 Å². The summed E-state index contributed by atoms with van der Waals surface area (Å²) in [6.45, 7) is 10.5. The van der Waals surface area contributed by atoms with Crippen LogP contribution in [0.3, 0.4) is 0 Å². The topological polar surface area (TPSA) is 38.3 Å². The Bertz CT molecular complexity index is 443. The monoisotopic (exact) mass is 291 g/mol. The van der Waals surface area contributed by atoms with Crippen LogP contribution in [0.4, 0.5) is 0 Å². The highest BCUT2D eigenvalue weighted by Crippen LogP contribution is 2.27. The van der Waals surface area contributed by atoms with Crippen molar-refractivity contribution in [1.82, 2.24) is 5.32 Å². The fourth-order valence-corrected chi connectivity index (χ4v) is 2.19. The van der Waals surface area contributed by atoms with Crippen molar-refractivity contribution in [2.75, 3.05) is 7.05 Å². The van der Waals surface area contributed by atoms with Gasteiger partial charge in [0.1, 0.15) is 0 Å². The molecule has 118 valence electrons. The second-order valence-corrected chi connectivity index (χ2v) is 7.02. The molecule has 3 nitrogen and oxygen atoms in total. The van der Waals surface area contributed by atoms with Crippen LogP contribution in [0, 0.1) is 5.41 Å². The Morgan fingerprint density at radius 2 is 1.76 bits per heavy atom. The summed E-state index contributed by atoms with van der Waals surface area (Å²) in [4.78, 5) is 11.8. The van der Waals surface area contributed by atoms with Gasteiger partial charge in [0, 0.05) is 6.04 Å². The third-order valence-electron chi connectivity index (χ3n) is 3.42. The van der Waals surface area contributed by atoms with Crippen molar-refractivity contribution in [2.24, 2.45) is 5.41 Å². The fourth-order valence-electron chi connectivity index (χ4n) is 2.19. The van der Waals surface area contributed by atoms with Crippen LogP contribution >= 0.6 is 0 Å². The van der Waals surface area contributed by atoms with Gasteiger partial charge in [0.2, 0.25) is 0 Å². The molecule has 1 rings (SSSR count). The summed E-state index contributed by atoms with van der Waals surface area (Å²) in [6, 6.07) is 8.05. The molecule has 0 aromatic heterocycles. The van der Waals surface area contributed by atoms with Crippen LogP contribution in [0.5, 0.6) is 0 Å². The van der Waals surface area contributed by atoms with Gasteiger partial charge in [-0.2, -0.15) is 0 Å². The predicted octanol–water partition coefficient (Wildman–Crippen LogP) is 4.34. The second kappa shape index (κ2) is 7.60. The summed E-state index contributed by atoms with van der Waals surface area (Å²) in [7, 11) is 1.98. The van der Waals surface area contributed by atoms with E-state index in [-0.39, 0.29) is 12.1 Å². The van der Waals surface area contributed by atoms with Crippen LogP contribution in [0.25, 0.3) is 0 Å². The summed E-state index contributed by atoms with van der Waals surface area (Å²) < 4.78 is 5.20. The minimum Gasteiger partial charge on any atom is -0.459 e. The number of carbonyl (C=O) groups is 1. The zero-order valence-electron chi connectivity index (χ0n) is 14.2. The number of carbonyl (C=O) groups excluding carboxylic acids is 1. The lowest BCUT2D eigenvalue weighted by atomic mass is 9.87. The molecule has 3 heteroatoms. The van der Waals surface area contributed by atoms with E-state index >= 15 is 0 Å². The molecule has 0 amide bonds. The molecule has 0 aliphatic rings. The van der Waals surface area contributed by atoms with E-state index in [2.05, 4.69) is 26.1 Å². The Balaban J connectivity index is 2.73. The van der Waals surface area contributed by atoms with E-state index in [1.807, 2.05) is 45.2 Å². The quantitative estimate of drug-likeness (QED) is 0.792. The molecule has 0 saturated carbocycles. The number of nitrogens with one attached hydrogen (secondary N) is 1. The lowest BCUT2D eigenvalue weighted by Gasteiger charge is -2.23. The number of benzene rings is 1. The Labute approximate surface area is 129 Å². The molecule has 0 aliphatic heterocycles. The standard InChI is InChI=1S/C18H29NO2/c1-13(2)21-17(20)15-9-7-14(8-10-15)16(19-6)11-12-18(3,4)5/h7-10,13,16,19H,11-12H2,1-6H3. The molecule has 0 spiro atoms. The van der Waals surface area contributed by atoms with E-state index in [0.717, 1.165) is 12.8 Å². The fraction of sp³-hybridized carbons (Fsp3) is 0.611. The Hall–Kier alpha value is -1.35. The highest BCUT2D eigenvalue weighted by Gasteiger charge is 2.16. The third kappa shape index (κ3) is 6.30. The molecule has 1 N–H and O–H groups in total. The van der Waals surface area contributed by atoms with Crippen LogP contribution in [-0.4, -0.2) is 19.1 Å². The molecule has 1 aromatic carbocycles. The SMILES string of the molecule is CNC(CCC(C)(C)C)c1ccc(C(=O)OC(C)C)cc1. The average Bonchev–Trinajstić information content (AvgIpc) is 2.38. The van der Waals surface area contributed by atoms with Crippen molar-refractivity contribution in [2.45, 2.75) is 59.6 Å². The van der Waals surface area contributed by atoms with Crippen LogP contribution in [-0.2, 0) is 4.74 Å². The Morgan fingerprint density at radius 1 is 1.19 bits per heavy atom. The normalized spacial score (nSPS) is 13.3. The lowest BCUT2D eigenvalue weighted by Crippen LogP contribution is -2.19. The van der Waals surface area contributed by atoms with Crippen LogP contribution in [0.1, 0.15) is 69.4 Å². The average molecular weight is 291 g/mol. The molecule has 1 unspecified atom stereocenters. The predicted molar refractivity (Wildman–Crippen MR) is 87.5 cm³/mol. The van der Waals surface area contributed by atoms with Crippen molar-refractivity contribution < 1.29 is 9.53 Å². The van der Waals surface area contributed by atoms with E-state index in [9.17, 15) is 4.79 Å². The zero-order chi connectivity index (χ0) is 16.0. The molecule has 0 saturated heterocycles. The van der Waals surface area contributed by atoms with Crippen molar-refractivity contribution in [3.63, 3.8) is 0 Å². The van der Waals surface area contributed by atoms with Crippen molar-refractivity contribution in [3.05, 3.63) is 35.4 Å². The molecule has 0 aliphatic carbocycles. The van der Waals surface area contributed by atoms with E-state index < -0.39 is 0 Å². The van der Waals surface area contributed by atoms with Crippen LogP contribution in [0.2, 0.25) is 0 Å². The maximum absolute atomic E-state index is 11.8. The molecular formula is C18H29NO2. The summed E-state index contributed by atoms with van der Waals surface area (Å²) >= 11 is 0. The van der Waals surface area contributed by atoms with Gasteiger partial charge in [-0.15, -0.1) is 0 Å². The zero-order valence-corrected chi connectivity index (χ0v) is 14.2. The maximum Gasteiger partial charge on any atom is 0.338 e. The van der Waals surface area contributed by atoms with Gasteiger partial charge in [0.05, 0.1) is 11.7 Å².